The van der Waals surface area contributed by atoms with Crippen LogP contribution in [-0.2, 0) is 0 Å². The summed E-state index contributed by atoms with van der Waals surface area (Å²) in [7, 11) is 1.40. The Balaban J connectivity index is 2.54. The van der Waals surface area contributed by atoms with Crippen molar-refractivity contribution < 1.29 is 14.4 Å². The van der Waals surface area contributed by atoms with Gasteiger partial charge in [0, 0.05) is 18.7 Å². The lowest BCUT2D eigenvalue weighted by Gasteiger charge is -2.08. The number of nitro benzene ring substituents is 1. The highest BCUT2D eigenvalue weighted by Crippen LogP contribution is 2.30. The summed E-state index contributed by atoms with van der Waals surface area (Å²) in [4.78, 5) is 10.2. The van der Waals surface area contributed by atoms with Crippen molar-refractivity contribution in [2.45, 2.75) is 13.3 Å². The molecule has 6 heteroatoms. The average Bonchev–Trinajstić information content (AvgIpc) is 2.38. The van der Waals surface area contributed by atoms with Crippen LogP contribution in [0.5, 0.6) is 11.5 Å². The molecule has 0 unspecified atom stereocenters. The van der Waals surface area contributed by atoms with Crippen molar-refractivity contribution >= 4 is 5.69 Å². The SMILES string of the molecule is CCCNCCOc1ccc([N+](=O)[O-])c(OC)c1. The van der Waals surface area contributed by atoms with Crippen LogP contribution in [0, 0.1) is 10.1 Å². The van der Waals surface area contributed by atoms with E-state index in [0.717, 1.165) is 19.5 Å². The zero-order valence-corrected chi connectivity index (χ0v) is 10.6. The molecule has 0 saturated heterocycles. The van der Waals surface area contributed by atoms with E-state index < -0.39 is 4.92 Å². The molecule has 1 rings (SSSR count). The first-order valence-electron chi connectivity index (χ1n) is 5.85. The van der Waals surface area contributed by atoms with Crippen molar-refractivity contribution in [3.05, 3.63) is 28.3 Å². The van der Waals surface area contributed by atoms with Crippen LogP contribution in [0.4, 0.5) is 5.69 Å². The number of nitrogens with zero attached hydrogens (tertiary/aromatic N) is 1. The molecule has 0 fully saturated rings. The smallest absolute Gasteiger partial charge is 0.311 e. The second kappa shape index (κ2) is 7.50. The summed E-state index contributed by atoms with van der Waals surface area (Å²) in [5, 5.41) is 13.9. The van der Waals surface area contributed by atoms with E-state index in [4.69, 9.17) is 9.47 Å². The van der Waals surface area contributed by atoms with Crippen LogP contribution < -0.4 is 14.8 Å². The summed E-state index contributed by atoms with van der Waals surface area (Å²) in [6.07, 6.45) is 1.07. The number of hydrogen-bond donors (Lipinski definition) is 1. The van der Waals surface area contributed by atoms with E-state index in [1.807, 2.05) is 0 Å². The quantitative estimate of drug-likeness (QED) is 0.436. The van der Waals surface area contributed by atoms with Crippen molar-refractivity contribution in [2.24, 2.45) is 0 Å². The summed E-state index contributed by atoms with van der Waals surface area (Å²) in [6, 6.07) is 4.48. The third kappa shape index (κ3) is 4.21. The Morgan fingerprint density at radius 2 is 2.17 bits per heavy atom. The van der Waals surface area contributed by atoms with Gasteiger partial charge in [0.2, 0.25) is 5.75 Å². The Labute approximate surface area is 106 Å². The van der Waals surface area contributed by atoms with Gasteiger partial charge in [-0.2, -0.15) is 0 Å². The number of ether oxygens (including phenoxy) is 2. The van der Waals surface area contributed by atoms with Crippen LogP contribution in [0.15, 0.2) is 18.2 Å². The number of rotatable bonds is 8. The van der Waals surface area contributed by atoms with Crippen molar-refractivity contribution in [3.8, 4) is 11.5 Å². The van der Waals surface area contributed by atoms with Crippen molar-refractivity contribution in [2.75, 3.05) is 26.8 Å². The fraction of sp³-hybridized carbons (Fsp3) is 0.500. The molecule has 0 spiro atoms. The van der Waals surface area contributed by atoms with Gasteiger partial charge in [-0.25, -0.2) is 0 Å². The minimum absolute atomic E-state index is 0.0612. The molecule has 0 aliphatic heterocycles. The summed E-state index contributed by atoms with van der Waals surface area (Å²) >= 11 is 0. The molecular formula is C12H18N2O4. The first-order chi connectivity index (χ1) is 8.69. The van der Waals surface area contributed by atoms with Gasteiger partial charge in [0.25, 0.3) is 0 Å². The lowest BCUT2D eigenvalue weighted by Crippen LogP contribution is -2.21. The summed E-state index contributed by atoms with van der Waals surface area (Å²) in [5.74, 6) is 0.773. The predicted octanol–water partition coefficient (Wildman–Crippen LogP) is 1.98. The Hall–Kier alpha value is -1.82. The molecule has 0 atom stereocenters. The molecule has 6 nitrogen and oxygen atoms in total. The highest BCUT2D eigenvalue weighted by Gasteiger charge is 2.14. The Morgan fingerprint density at radius 1 is 1.39 bits per heavy atom. The Morgan fingerprint density at radius 3 is 2.78 bits per heavy atom. The molecule has 0 saturated carbocycles. The van der Waals surface area contributed by atoms with E-state index in [0.29, 0.717) is 12.4 Å². The first kappa shape index (κ1) is 14.2. The molecule has 0 amide bonds. The topological polar surface area (TPSA) is 73.6 Å². The zero-order valence-electron chi connectivity index (χ0n) is 10.6. The first-order valence-corrected chi connectivity index (χ1v) is 5.85. The Kier molecular flexibility index (Phi) is 5.93. The van der Waals surface area contributed by atoms with Crippen LogP contribution in [0.2, 0.25) is 0 Å². The molecule has 0 aliphatic rings. The maximum atomic E-state index is 10.7. The van der Waals surface area contributed by atoms with Gasteiger partial charge in [0.05, 0.1) is 12.0 Å². The minimum atomic E-state index is -0.481. The molecule has 0 radical (unpaired) electrons. The molecule has 1 aromatic rings. The van der Waals surface area contributed by atoms with E-state index in [-0.39, 0.29) is 11.4 Å². The summed E-state index contributed by atoms with van der Waals surface area (Å²) in [6.45, 7) is 4.30. The Bertz CT molecular complexity index is 396. The maximum Gasteiger partial charge on any atom is 0.311 e. The van der Waals surface area contributed by atoms with Crippen LogP contribution in [0.3, 0.4) is 0 Å². The van der Waals surface area contributed by atoms with Gasteiger partial charge in [-0.15, -0.1) is 0 Å². The van der Waals surface area contributed by atoms with E-state index in [2.05, 4.69) is 12.2 Å². The standard InChI is InChI=1S/C12H18N2O4/c1-3-6-13-7-8-18-10-4-5-11(14(15)16)12(9-10)17-2/h4-5,9,13H,3,6-8H2,1-2H3. The molecule has 0 aliphatic carbocycles. The number of hydrogen-bond acceptors (Lipinski definition) is 5. The monoisotopic (exact) mass is 254 g/mol. The van der Waals surface area contributed by atoms with Crippen molar-refractivity contribution in [3.63, 3.8) is 0 Å². The van der Waals surface area contributed by atoms with Gasteiger partial charge in [-0.3, -0.25) is 10.1 Å². The minimum Gasteiger partial charge on any atom is -0.492 e. The lowest BCUT2D eigenvalue weighted by atomic mass is 10.3. The van der Waals surface area contributed by atoms with Crippen LogP contribution in [0.25, 0.3) is 0 Å². The van der Waals surface area contributed by atoms with Gasteiger partial charge in [0.1, 0.15) is 12.4 Å². The molecule has 1 aromatic carbocycles. The number of nitro groups is 1. The van der Waals surface area contributed by atoms with E-state index in [1.165, 1.54) is 19.2 Å². The third-order valence-electron chi connectivity index (χ3n) is 2.32. The second-order valence-electron chi connectivity index (χ2n) is 3.69. The van der Waals surface area contributed by atoms with Crippen molar-refractivity contribution in [1.29, 1.82) is 0 Å². The molecule has 0 heterocycles. The maximum absolute atomic E-state index is 10.7. The van der Waals surface area contributed by atoms with Gasteiger partial charge in [-0.1, -0.05) is 6.92 Å². The van der Waals surface area contributed by atoms with Gasteiger partial charge in [-0.05, 0) is 19.0 Å². The molecule has 0 bridgehead atoms. The number of nitrogens with one attached hydrogen (secondary N) is 1. The van der Waals surface area contributed by atoms with E-state index in [9.17, 15) is 10.1 Å². The number of benzene rings is 1. The summed E-state index contributed by atoms with van der Waals surface area (Å²) < 4.78 is 10.4. The molecule has 0 aromatic heterocycles. The third-order valence-corrected chi connectivity index (χ3v) is 2.32. The van der Waals surface area contributed by atoms with Crippen LogP contribution in [-0.4, -0.2) is 31.7 Å². The van der Waals surface area contributed by atoms with E-state index in [1.54, 1.807) is 6.07 Å². The van der Waals surface area contributed by atoms with Gasteiger partial charge in [0.15, 0.2) is 0 Å². The summed E-state index contributed by atoms with van der Waals surface area (Å²) in [5.41, 5.74) is -0.0612. The van der Waals surface area contributed by atoms with Gasteiger partial charge < -0.3 is 14.8 Å². The highest BCUT2D eigenvalue weighted by atomic mass is 16.6. The molecule has 100 valence electrons. The second-order valence-corrected chi connectivity index (χ2v) is 3.69. The molecular weight excluding hydrogens is 236 g/mol. The molecule has 1 N–H and O–H groups in total. The molecule has 18 heavy (non-hydrogen) atoms. The van der Waals surface area contributed by atoms with Crippen molar-refractivity contribution in [1.82, 2.24) is 5.32 Å². The van der Waals surface area contributed by atoms with Crippen LogP contribution >= 0.6 is 0 Å². The number of methoxy groups -OCH3 is 1. The van der Waals surface area contributed by atoms with Crippen LogP contribution in [0.1, 0.15) is 13.3 Å². The lowest BCUT2D eigenvalue weighted by molar-refractivity contribution is -0.385. The fourth-order valence-electron chi connectivity index (χ4n) is 1.44. The average molecular weight is 254 g/mol. The fourth-order valence-corrected chi connectivity index (χ4v) is 1.44. The largest absolute Gasteiger partial charge is 0.492 e. The highest BCUT2D eigenvalue weighted by molar-refractivity contribution is 5.50. The normalized spacial score (nSPS) is 10.1. The predicted molar refractivity (Wildman–Crippen MR) is 68.3 cm³/mol. The van der Waals surface area contributed by atoms with E-state index >= 15 is 0 Å². The zero-order chi connectivity index (χ0) is 13.4. The van der Waals surface area contributed by atoms with Gasteiger partial charge >= 0.3 is 5.69 Å².